The fourth-order valence-corrected chi connectivity index (χ4v) is 2.85. The third kappa shape index (κ3) is 2.37. The van der Waals surface area contributed by atoms with E-state index in [1.54, 1.807) is 6.07 Å². The van der Waals surface area contributed by atoms with Gasteiger partial charge in [0, 0.05) is 17.3 Å². The van der Waals surface area contributed by atoms with Gasteiger partial charge in [-0.2, -0.15) is 0 Å². The van der Waals surface area contributed by atoms with Crippen LogP contribution in [0, 0.1) is 12.7 Å². The first-order chi connectivity index (χ1) is 8.52. The number of carbonyl (C=O) groups is 1. The van der Waals surface area contributed by atoms with Crippen LogP contribution in [0.25, 0.3) is 10.1 Å². The Hall–Kier alpha value is -1.46. The molecule has 1 aromatic heterocycles. The summed E-state index contributed by atoms with van der Waals surface area (Å²) in [6, 6.07) is 4.50. The van der Waals surface area contributed by atoms with Crippen molar-refractivity contribution in [2.24, 2.45) is 5.73 Å². The second-order valence-corrected chi connectivity index (χ2v) is 5.36. The van der Waals surface area contributed by atoms with Gasteiger partial charge < -0.3 is 11.1 Å². The first kappa shape index (κ1) is 13.0. The van der Waals surface area contributed by atoms with Crippen molar-refractivity contribution in [3.8, 4) is 0 Å². The highest BCUT2D eigenvalue weighted by Crippen LogP contribution is 2.31. The van der Waals surface area contributed by atoms with Crippen molar-refractivity contribution < 1.29 is 9.18 Å². The Morgan fingerprint density at radius 2 is 2.28 bits per heavy atom. The van der Waals surface area contributed by atoms with Crippen LogP contribution >= 0.6 is 11.3 Å². The van der Waals surface area contributed by atoms with Crippen LogP contribution in [0.15, 0.2) is 18.2 Å². The quantitative estimate of drug-likeness (QED) is 0.896. The summed E-state index contributed by atoms with van der Waals surface area (Å²) >= 11 is 1.37. The molecule has 1 atom stereocenters. The number of thiophene rings is 1. The molecule has 96 valence electrons. The summed E-state index contributed by atoms with van der Waals surface area (Å²) in [6.07, 6.45) is 0. The summed E-state index contributed by atoms with van der Waals surface area (Å²) in [4.78, 5) is 12.7. The molecule has 0 saturated heterocycles. The van der Waals surface area contributed by atoms with Crippen LogP contribution in [0.4, 0.5) is 4.39 Å². The SMILES string of the molecule is Cc1c(C(=O)N[C@@H](C)CN)sc2ccc(F)cc12. The number of rotatable bonds is 3. The Morgan fingerprint density at radius 1 is 1.56 bits per heavy atom. The number of nitrogens with two attached hydrogens (primary N) is 1. The Bertz CT molecular complexity index is 594. The summed E-state index contributed by atoms with van der Waals surface area (Å²) < 4.78 is 14.1. The van der Waals surface area contributed by atoms with Gasteiger partial charge in [0.05, 0.1) is 4.88 Å². The molecule has 0 aliphatic carbocycles. The van der Waals surface area contributed by atoms with E-state index in [-0.39, 0.29) is 17.8 Å². The number of carbonyl (C=O) groups excluding carboxylic acids is 1. The van der Waals surface area contributed by atoms with Crippen LogP contribution in [0.3, 0.4) is 0 Å². The van der Waals surface area contributed by atoms with Gasteiger partial charge >= 0.3 is 0 Å². The molecular formula is C13H15FN2OS. The molecule has 2 aromatic rings. The number of hydrogen-bond acceptors (Lipinski definition) is 3. The van der Waals surface area contributed by atoms with Gasteiger partial charge in [0.2, 0.25) is 0 Å². The van der Waals surface area contributed by atoms with E-state index in [9.17, 15) is 9.18 Å². The number of fused-ring (bicyclic) bond motifs is 1. The van der Waals surface area contributed by atoms with Crippen LogP contribution in [-0.2, 0) is 0 Å². The summed E-state index contributed by atoms with van der Waals surface area (Å²) in [7, 11) is 0. The first-order valence-corrected chi connectivity index (χ1v) is 6.54. The predicted octanol–water partition coefficient (Wildman–Crippen LogP) is 2.43. The van der Waals surface area contributed by atoms with Gasteiger partial charge in [-0.15, -0.1) is 11.3 Å². The molecular weight excluding hydrogens is 251 g/mol. The minimum Gasteiger partial charge on any atom is -0.348 e. The molecule has 1 heterocycles. The predicted molar refractivity (Wildman–Crippen MR) is 72.5 cm³/mol. The molecule has 0 unspecified atom stereocenters. The third-order valence-corrected chi connectivity index (χ3v) is 4.11. The van der Waals surface area contributed by atoms with Gasteiger partial charge in [0.1, 0.15) is 5.82 Å². The highest BCUT2D eigenvalue weighted by Gasteiger charge is 2.16. The lowest BCUT2D eigenvalue weighted by Crippen LogP contribution is -2.37. The Morgan fingerprint density at radius 3 is 2.94 bits per heavy atom. The summed E-state index contributed by atoms with van der Waals surface area (Å²) in [5.74, 6) is -0.433. The molecule has 1 amide bonds. The molecule has 0 spiro atoms. The average molecular weight is 266 g/mol. The topological polar surface area (TPSA) is 55.1 Å². The minimum atomic E-state index is -0.286. The lowest BCUT2D eigenvalue weighted by atomic mass is 10.1. The van der Waals surface area contributed by atoms with E-state index in [4.69, 9.17) is 5.73 Å². The fraction of sp³-hybridized carbons (Fsp3) is 0.308. The average Bonchev–Trinajstić information content (AvgIpc) is 2.66. The second-order valence-electron chi connectivity index (χ2n) is 4.31. The monoisotopic (exact) mass is 266 g/mol. The summed E-state index contributed by atoms with van der Waals surface area (Å²) in [5, 5.41) is 3.61. The van der Waals surface area contributed by atoms with E-state index < -0.39 is 0 Å². The maximum Gasteiger partial charge on any atom is 0.261 e. The van der Waals surface area contributed by atoms with Crippen LogP contribution < -0.4 is 11.1 Å². The molecule has 3 N–H and O–H groups in total. The van der Waals surface area contributed by atoms with Crippen LogP contribution in [0.2, 0.25) is 0 Å². The molecule has 2 rings (SSSR count). The van der Waals surface area contributed by atoms with Gasteiger partial charge in [-0.3, -0.25) is 4.79 Å². The maximum absolute atomic E-state index is 13.2. The van der Waals surface area contributed by atoms with E-state index in [1.165, 1.54) is 23.5 Å². The standard InChI is InChI=1S/C13H15FN2OS/c1-7(6-15)16-13(17)12-8(2)10-5-9(14)3-4-11(10)18-12/h3-5,7H,6,15H2,1-2H3,(H,16,17)/t7-/m0/s1. The highest BCUT2D eigenvalue weighted by molar-refractivity contribution is 7.21. The zero-order chi connectivity index (χ0) is 13.3. The number of amides is 1. The van der Waals surface area contributed by atoms with Crippen LogP contribution in [0.1, 0.15) is 22.2 Å². The zero-order valence-electron chi connectivity index (χ0n) is 10.3. The van der Waals surface area contributed by atoms with E-state index in [0.29, 0.717) is 11.4 Å². The smallest absolute Gasteiger partial charge is 0.261 e. The number of benzene rings is 1. The van der Waals surface area contributed by atoms with E-state index >= 15 is 0 Å². The van der Waals surface area contributed by atoms with E-state index in [1.807, 2.05) is 13.8 Å². The third-order valence-electron chi connectivity index (χ3n) is 2.84. The van der Waals surface area contributed by atoms with E-state index in [0.717, 1.165) is 15.6 Å². The first-order valence-electron chi connectivity index (χ1n) is 5.72. The van der Waals surface area contributed by atoms with Crippen molar-refractivity contribution in [3.05, 3.63) is 34.5 Å². The molecule has 0 radical (unpaired) electrons. The number of aryl methyl sites for hydroxylation is 1. The molecule has 0 bridgehead atoms. The molecule has 18 heavy (non-hydrogen) atoms. The van der Waals surface area contributed by atoms with Crippen molar-refractivity contribution in [3.63, 3.8) is 0 Å². The normalized spacial score (nSPS) is 12.7. The molecule has 1 aromatic carbocycles. The highest BCUT2D eigenvalue weighted by atomic mass is 32.1. The molecule has 0 saturated carbocycles. The number of hydrogen-bond donors (Lipinski definition) is 2. The summed E-state index contributed by atoms with van der Waals surface area (Å²) in [5.41, 5.74) is 6.29. The fourth-order valence-electron chi connectivity index (χ4n) is 1.76. The van der Waals surface area contributed by atoms with E-state index in [2.05, 4.69) is 5.32 Å². The van der Waals surface area contributed by atoms with Crippen molar-refractivity contribution in [2.45, 2.75) is 19.9 Å². The van der Waals surface area contributed by atoms with Gasteiger partial charge in [0.15, 0.2) is 0 Å². The van der Waals surface area contributed by atoms with Gasteiger partial charge in [0.25, 0.3) is 5.91 Å². The largest absolute Gasteiger partial charge is 0.348 e. The molecule has 0 aliphatic heterocycles. The minimum absolute atomic E-state index is 0.0705. The Balaban J connectivity index is 2.40. The second kappa shape index (κ2) is 5.04. The molecule has 0 fully saturated rings. The van der Waals surface area contributed by atoms with Crippen LogP contribution in [-0.4, -0.2) is 18.5 Å². The van der Waals surface area contributed by atoms with Gasteiger partial charge in [-0.1, -0.05) is 0 Å². The van der Waals surface area contributed by atoms with Crippen molar-refractivity contribution >= 4 is 27.3 Å². The Labute approximate surface area is 109 Å². The van der Waals surface area contributed by atoms with Crippen molar-refractivity contribution in [2.75, 3.05) is 6.54 Å². The molecule has 3 nitrogen and oxygen atoms in total. The Kier molecular flexibility index (Phi) is 3.63. The summed E-state index contributed by atoms with van der Waals surface area (Å²) in [6.45, 7) is 4.07. The zero-order valence-corrected chi connectivity index (χ0v) is 11.1. The van der Waals surface area contributed by atoms with Crippen molar-refractivity contribution in [1.82, 2.24) is 5.32 Å². The van der Waals surface area contributed by atoms with Gasteiger partial charge in [-0.05, 0) is 43.0 Å². The van der Waals surface area contributed by atoms with Crippen molar-refractivity contribution in [1.29, 1.82) is 0 Å². The molecule has 5 heteroatoms. The number of halogens is 1. The maximum atomic E-state index is 13.2. The van der Waals surface area contributed by atoms with Crippen LogP contribution in [0.5, 0.6) is 0 Å². The van der Waals surface area contributed by atoms with Gasteiger partial charge in [-0.25, -0.2) is 4.39 Å². The lowest BCUT2D eigenvalue weighted by molar-refractivity contribution is 0.0945. The molecule has 0 aliphatic rings. The number of nitrogens with one attached hydrogen (secondary N) is 1. The lowest BCUT2D eigenvalue weighted by Gasteiger charge is -2.10.